The molecule has 10 heteroatoms. The SMILES string of the molecule is CCCCCCCC/C=C/CCCCCCCCCCCC(=O)OC(/C=C/CCCCCCCCCCCCC)C(COP(=O)([O-])OCC[N+](C)(C)C)NC(=O)CCCCCCCCC/C=C/CCCCCCCC. The molecule has 0 radical (unpaired) electrons. The van der Waals surface area contributed by atoms with Crippen LogP contribution in [0.15, 0.2) is 36.5 Å². The van der Waals surface area contributed by atoms with Gasteiger partial charge in [-0.25, -0.2) is 0 Å². The number of ether oxygens (including phenoxy) is 1. The molecule has 1 N–H and O–H groups in total. The number of quaternary nitrogens is 1. The van der Waals surface area contributed by atoms with Gasteiger partial charge in [0.1, 0.15) is 19.3 Å². The minimum absolute atomic E-state index is 0.0216. The summed E-state index contributed by atoms with van der Waals surface area (Å²) in [5.74, 6) is -0.535. The number of nitrogens with zero attached hydrogens (tertiary/aromatic N) is 1. The molecule has 3 atom stereocenters. The third-order valence-electron chi connectivity index (χ3n) is 14.5. The van der Waals surface area contributed by atoms with Gasteiger partial charge in [0.05, 0.1) is 33.8 Å². The van der Waals surface area contributed by atoms with Gasteiger partial charge in [-0.3, -0.25) is 14.2 Å². The molecule has 0 aromatic rings. The monoisotopic (exact) mass is 1080 g/mol. The molecule has 0 aromatic carbocycles. The van der Waals surface area contributed by atoms with Gasteiger partial charge in [-0.1, -0.05) is 257 Å². The zero-order valence-electron chi connectivity index (χ0n) is 50.5. The number of likely N-dealkylation sites (N-methyl/N-ethyl adjacent to an activating group) is 1. The van der Waals surface area contributed by atoms with E-state index in [1.165, 1.54) is 212 Å². The number of esters is 1. The number of phosphoric ester groups is 1. The third kappa shape index (κ3) is 56.8. The molecule has 75 heavy (non-hydrogen) atoms. The van der Waals surface area contributed by atoms with Crippen LogP contribution in [0.4, 0.5) is 0 Å². The molecule has 9 nitrogen and oxygen atoms in total. The first-order valence-corrected chi connectivity index (χ1v) is 33.8. The van der Waals surface area contributed by atoms with E-state index >= 15 is 0 Å². The van der Waals surface area contributed by atoms with Crippen LogP contribution in [0.3, 0.4) is 0 Å². The van der Waals surface area contributed by atoms with Crippen molar-refractivity contribution in [3.63, 3.8) is 0 Å². The summed E-state index contributed by atoms with van der Waals surface area (Å²) < 4.78 is 30.4. The van der Waals surface area contributed by atoms with E-state index < -0.39 is 20.0 Å². The number of unbranched alkanes of at least 4 members (excludes halogenated alkanes) is 39. The van der Waals surface area contributed by atoms with Crippen molar-refractivity contribution in [1.29, 1.82) is 0 Å². The molecular formula is C65H125N2O7P. The number of phosphoric acid groups is 1. The second-order valence-corrected chi connectivity index (χ2v) is 24.7. The third-order valence-corrected chi connectivity index (χ3v) is 15.5. The molecule has 0 rings (SSSR count). The fourth-order valence-electron chi connectivity index (χ4n) is 9.51. The maximum Gasteiger partial charge on any atom is 0.306 e. The predicted octanol–water partition coefficient (Wildman–Crippen LogP) is 19.3. The van der Waals surface area contributed by atoms with Crippen molar-refractivity contribution in [3.05, 3.63) is 36.5 Å². The Bertz CT molecular complexity index is 1380. The van der Waals surface area contributed by atoms with E-state index in [1.807, 2.05) is 33.3 Å². The van der Waals surface area contributed by atoms with Crippen LogP contribution in [0.5, 0.6) is 0 Å². The Hall–Kier alpha value is -1.77. The quantitative estimate of drug-likeness (QED) is 0.0212. The van der Waals surface area contributed by atoms with Crippen molar-refractivity contribution in [3.8, 4) is 0 Å². The number of amides is 1. The fourth-order valence-corrected chi connectivity index (χ4v) is 10.2. The van der Waals surface area contributed by atoms with Gasteiger partial charge >= 0.3 is 5.97 Å². The largest absolute Gasteiger partial charge is 0.756 e. The summed E-state index contributed by atoms with van der Waals surface area (Å²) in [4.78, 5) is 40.0. The van der Waals surface area contributed by atoms with Crippen LogP contribution >= 0.6 is 7.82 Å². The zero-order chi connectivity index (χ0) is 55.0. The van der Waals surface area contributed by atoms with Crippen LogP contribution in [0.2, 0.25) is 0 Å². The summed E-state index contributed by atoms with van der Waals surface area (Å²) in [5.41, 5.74) is 0. The van der Waals surface area contributed by atoms with Gasteiger partial charge in [-0.2, -0.15) is 0 Å². The second-order valence-electron chi connectivity index (χ2n) is 23.3. The van der Waals surface area contributed by atoms with E-state index in [9.17, 15) is 19.0 Å². The molecule has 0 fully saturated rings. The van der Waals surface area contributed by atoms with Crippen molar-refractivity contribution < 1.29 is 37.3 Å². The zero-order valence-corrected chi connectivity index (χ0v) is 51.4. The molecule has 0 aromatic heterocycles. The van der Waals surface area contributed by atoms with Crippen molar-refractivity contribution in [2.24, 2.45) is 0 Å². The molecule has 1 amide bonds. The Labute approximate surface area is 466 Å². The molecule has 0 saturated carbocycles. The normalized spacial score (nSPS) is 13.9. The summed E-state index contributed by atoms with van der Waals surface area (Å²) >= 11 is 0. The lowest BCUT2D eigenvalue weighted by molar-refractivity contribution is -0.870. The average Bonchev–Trinajstić information content (AvgIpc) is 3.37. The van der Waals surface area contributed by atoms with Gasteiger partial charge in [0.25, 0.3) is 7.82 Å². The van der Waals surface area contributed by atoms with Crippen LogP contribution in [0, 0.1) is 0 Å². The van der Waals surface area contributed by atoms with Crippen LogP contribution in [-0.2, 0) is 27.9 Å². The molecule has 0 aliphatic rings. The van der Waals surface area contributed by atoms with E-state index in [1.54, 1.807) is 0 Å². The standard InChI is InChI=1S/C65H125N2O7P/c1-7-10-13-16-19-22-25-28-30-32-33-35-37-40-43-46-49-52-55-58-65(69)74-63(56-53-50-47-44-41-38-27-24-21-18-15-12-9-3)62(61-73-75(70,71)72-60-59-67(4,5)6)66-64(68)57-54-51-48-45-42-39-36-34-31-29-26-23-20-17-14-11-8-2/h28-31,53,56,62-63H,7-27,32-52,54-55,57-61H2,1-6H3,(H-,66,68,70,71)/b30-28+,31-29+,56-53+. The van der Waals surface area contributed by atoms with Gasteiger partial charge in [0, 0.05) is 12.8 Å². The number of rotatable bonds is 59. The highest BCUT2D eigenvalue weighted by molar-refractivity contribution is 7.45. The molecule has 0 heterocycles. The lowest BCUT2D eigenvalue weighted by Gasteiger charge is -2.30. The highest BCUT2D eigenvalue weighted by Crippen LogP contribution is 2.38. The number of carbonyl (C=O) groups excluding carboxylic acids is 2. The number of hydrogen-bond acceptors (Lipinski definition) is 7. The minimum atomic E-state index is -4.70. The number of carbonyl (C=O) groups is 2. The lowest BCUT2D eigenvalue weighted by Crippen LogP contribution is -2.47. The van der Waals surface area contributed by atoms with Crippen molar-refractivity contribution in [2.45, 2.75) is 328 Å². The van der Waals surface area contributed by atoms with Crippen LogP contribution in [0.25, 0.3) is 0 Å². The molecular weight excluding hydrogens is 952 g/mol. The molecule has 3 unspecified atom stereocenters. The first kappa shape index (κ1) is 73.2. The molecule has 0 aliphatic carbocycles. The molecule has 0 bridgehead atoms. The minimum Gasteiger partial charge on any atom is -0.756 e. The Balaban J connectivity index is 5.24. The van der Waals surface area contributed by atoms with E-state index in [-0.39, 0.29) is 31.5 Å². The number of hydrogen-bond donors (Lipinski definition) is 1. The van der Waals surface area contributed by atoms with Gasteiger partial charge in [0.2, 0.25) is 5.91 Å². The number of allylic oxidation sites excluding steroid dienone is 5. The lowest BCUT2D eigenvalue weighted by atomic mass is 10.0. The van der Waals surface area contributed by atoms with E-state index in [0.29, 0.717) is 17.4 Å². The summed E-state index contributed by atoms with van der Waals surface area (Å²) in [6.07, 6.45) is 66.7. The van der Waals surface area contributed by atoms with Gasteiger partial charge in [-0.05, 0) is 83.1 Å². The first-order valence-electron chi connectivity index (χ1n) is 32.3. The first-order chi connectivity index (χ1) is 36.4. The smallest absolute Gasteiger partial charge is 0.306 e. The molecule has 0 spiro atoms. The fraction of sp³-hybridized carbons (Fsp3) is 0.877. The van der Waals surface area contributed by atoms with E-state index in [2.05, 4.69) is 50.4 Å². The van der Waals surface area contributed by atoms with Crippen LogP contribution < -0.4 is 10.2 Å². The highest BCUT2D eigenvalue weighted by Gasteiger charge is 2.27. The second kappa shape index (κ2) is 55.5. The van der Waals surface area contributed by atoms with Crippen molar-refractivity contribution >= 4 is 19.7 Å². The van der Waals surface area contributed by atoms with Crippen molar-refractivity contribution in [1.82, 2.24) is 5.32 Å². The molecule has 0 saturated heterocycles. The molecule has 0 aliphatic heterocycles. The van der Waals surface area contributed by atoms with E-state index in [0.717, 1.165) is 70.6 Å². The van der Waals surface area contributed by atoms with Gasteiger partial charge in [-0.15, -0.1) is 0 Å². The van der Waals surface area contributed by atoms with Gasteiger partial charge in [0.15, 0.2) is 0 Å². The van der Waals surface area contributed by atoms with Crippen molar-refractivity contribution in [2.75, 3.05) is 40.9 Å². The maximum atomic E-state index is 13.5. The van der Waals surface area contributed by atoms with Gasteiger partial charge < -0.3 is 28.5 Å². The topological polar surface area (TPSA) is 114 Å². The maximum absolute atomic E-state index is 13.5. The Morgan fingerprint density at radius 1 is 0.453 bits per heavy atom. The number of nitrogens with one attached hydrogen (secondary N) is 1. The highest BCUT2D eigenvalue weighted by atomic mass is 31.2. The van der Waals surface area contributed by atoms with Crippen LogP contribution in [-0.4, -0.2) is 69.4 Å². The molecule has 442 valence electrons. The Morgan fingerprint density at radius 3 is 1.13 bits per heavy atom. The summed E-state index contributed by atoms with van der Waals surface area (Å²) in [5, 5.41) is 3.03. The summed E-state index contributed by atoms with van der Waals surface area (Å²) in [6, 6.07) is -0.889. The summed E-state index contributed by atoms with van der Waals surface area (Å²) in [7, 11) is 1.19. The predicted molar refractivity (Wildman–Crippen MR) is 321 cm³/mol. The van der Waals surface area contributed by atoms with Crippen LogP contribution in [0.1, 0.15) is 316 Å². The summed E-state index contributed by atoms with van der Waals surface area (Å²) in [6.45, 7) is 6.87. The van der Waals surface area contributed by atoms with E-state index in [4.69, 9.17) is 13.8 Å². The Kier molecular flexibility index (Phi) is 54.2. The Morgan fingerprint density at radius 2 is 0.773 bits per heavy atom. The average molecular weight is 1080 g/mol.